The van der Waals surface area contributed by atoms with E-state index in [1.807, 2.05) is 37.4 Å². The van der Waals surface area contributed by atoms with Crippen molar-refractivity contribution in [3.8, 4) is 5.75 Å². The first-order valence-corrected chi connectivity index (χ1v) is 5.47. The molecule has 0 aliphatic heterocycles. The summed E-state index contributed by atoms with van der Waals surface area (Å²) in [6.45, 7) is 1.85. The van der Waals surface area contributed by atoms with E-state index >= 15 is 0 Å². The molecule has 90 valence electrons. The first-order valence-electron chi connectivity index (χ1n) is 5.47. The summed E-state index contributed by atoms with van der Waals surface area (Å²) in [7, 11) is 1.89. The third-order valence-electron chi connectivity index (χ3n) is 2.17. The van der Waals surface area contributed by atoms with E-state index in [2.05, 4.69) is 20.7 Å². The third-order valence-corrected chi connectivity index (χ3v) is 2.17. The molecule has 1 heterocycles. The summed E-state index contributed by atoms with van der Waals surface area (Å²) in [4.78, 5) is 1.56. The molecule has 0 saturated carbocycles. The fourth-order valence-electron chi connectivity index (χ4n) is 1.31. The summed E-state index contributed by atoms with van der Waals surface area (Å²) in [5.74, 6) is 1.39. The topological polar surface area (TPSA) is 64.9 Å². The number of nitrogens with zero attached hydrogens (tertiary/aromatic N) is 4. The van der Waals surface area contributed by atoms with Gasteiger partial charge in [-0.2, -0.15) is 4.80 Å². The summed E-state index contributed by atoms with van der Waals surface area (Å²) in [5, 5.41) is 15.1. The highest BCUT2D eigenvalue weighted by Crippen LogP contribution is 2.09. The Morgan fingerprint density at radius 1 is 1.29 bits per heavy atom. The average molecular weight is 233 g/mol. The number of hydrogen-bond acceptors (Lipinski definition) is 5. The molecule has 1 N–H and O–H groups in total. The van der Waals surface area contributed by atoms with Gasteiger partial charge in [-0.3, -0.25) is 0 Å². The molecule has 2 aromatic rings. The second-order valence-electron chi connectivity index (χ2n) is 3.51. The molecule has 1 aromatic carbocycles. The molecule has 0 fully saturated rings. The molecule has 6 heteroatoms. The van der Waals surface area contributed by atoms with Gasteiger partial charge in [0, 0.05) is 6.54 Å². The summed E-state index contributed by atoms with van der Waals surface area (Å²) in [6, 6.07) is 9.58. The molecule has 6 nitrogen and oxygen atoms in total. The van der Waals surface area contributed by atoms with Crippen molar-refractivity contribution >= 4 is 0 Å². The van der Waals surface area contributed by atoms with Crippen LogP contribution in [0, 0.1) is 0 Å². The zero-order chi connectivity index (χ0) is 11.9. The van der Waals surface area contributed by atoms with Crippen molar-refractivity contribution in [2.24, 2.45) is 0 Å². The van der Waals surface area contributed by atoms with Gasteiger partial charge in [0.2, 0.25) is 5.82 Å². The van der Waals surface area contributed by atoms with Crippen LogP contribution in [-0.4, -0.2) is 33.8 Å². The summed E-state index contributed by atoms with van der Waals surface area (Å²) >= 11 is 0. The molecule has 0 saturated heterocycles. The summed E-state index contributed by atoms with van der Waals surface area (Å²) in [5.41, 5.74) is 0. The van der Waals surface area contributed by atoms with Crippen molar-refractivity contribution in [1.29, 1.82) is 0 Å². The van der Waals surface area contributed by atoms with Gasteiger partial charge in [-0.15, -0.1) is 10.2 Å². The minimum atomic E-state index is 0.337. The van der Waals surface area contributed by atoms with Crippen molar-refractivity contribution in [2.45, 2.75) is 13.2 Å². The smallest absolute Gasteiger partial charge is 0.212 e. The Morgan fingerprint density at radius 3 is 2.88 bits per heavy atom. The largest absolute Gasteiger partial charge is 0.485 e. The number of aromatic nitrogens is 4. The van der Waals surface area contributed by atoms with Gasteiger partial charge >= 0.3 is 0 Å². The maximum Gasteiger partial charge on any atom is 0.212 e. The second-order valence-corrected chi connectivity index (χ2v) is 3.51. The number of rotatable bonds is 6. The summed E-state index contributed by atoms with van der Waals surface area (Å²) < 4.78 is 5.52. The van der Waals surface area contributed by atoms with Gasteiger partial charge in [-0.1, -0.05) is 18.2 Å². The number of ether oxygens (including phenoxy) is 1. The lowest BCUT2D eigenvalue weighted by molar-refractivity contribution is 0.295. The Bertz CT molecular complexity index is 442. The Hall–Kier alpha value is -1.95. The van der Waals surface area contributed by atoms with Gasteiger partial charge in [0.05, 0.1) is 6.54 Å². The molecule has 0 unspecified atom stereocenters. The lowest BCUT2D eigenvalue weighted by atomic mass is 10.3. The highest BCUT2D eigenvalue weighted by molar-refractivity contribution is 5.20. The van der Waals surface area contributed by atoms with Crippen molar-refractivity contribution in [3.63, 3.8) is 0 Å². The van der Waals surface area contributed by atoms with Gasteiger partial charge in [0.1, 0.15) is 5.75 Å². The first kappa shape index (κ1) is 11.5. The predicted molar refractivity (Wildman–Crippen MR) is 62.5 cm³/mol. The van der Waals surface area contributed by atoms with Gasteiger partial charge in [0.15, 0.2) is 6.61 Å². The van der Waals surface area contributed by atoms with Crippen LogP contribution in [0.15, 0.2) is 30.3 Å². The molecule has 0 amide bonds. The Morgan fingerprint density at radius 2 is 2.12 bits per heavy atom. The lowest BCUT2D eigenvalue weighted by Gasteiger charge is -2.01. The van der Waals surface area contributed by atoms with Gasteiger partial charge in [-0.25, -0.2) is 0 Å². The monoisotopic (exact) mass is 233 g/mol. The van der Waals surface area contributed by atoms with Crippen molar-refractivity contribution in [3.05, 3.63) is 36.2 Å². The van der Waals surface area contributed by atoms with E-state index in [0.717, 1.165) is 12.3 Å². The number of para-hydroxylation sites is 1. The van der Waals surface area contributed by atoms with Crippen LogP contribution in [0.5, 0.6) is 5.75 Å². The zero-order valence-corrected chi connectivity index (χ0v) is 9.71. The molecule has 0 spiro atoms. The zero-order valence-electron chi connectivity index (χ0n) is 9.71. The van der Waals surface area contributed by atoms with E-state index in [0.29, 0.717) is 19.0 Å². The molecule has 0 aliphatic carbocycles. The molecular formula is C11H15N5O. The lowest BCUT2D eigenvalue weighted by Crippen LogP contribution is -2.16. The maximum atomic E-state index is 5.52. The molecular weight excluding hydrogens is 218 g/mol. The molecule has 17 heavy (non-hydrogen) atoms. The van der Waals surface area contributed by atoms with E-state index in [1.54, 1.807) is 4.80 Å². The van der Waals surface area contributed by atoms with Crippen LogP contribution < -0.4 is 10.1 Å². The molecule has 0 aliphatic rings. The molecule has 0 bridgehead atoms. The molecule has 0 atom stereocenters. The fourth-order valence-corrected chi connectivity index (χ4v) is 1.31. The second kappa shape index (κ2) is 5.95. The SMILES string of the molecule is CNCCn1nnc(COc2ccccc2)n1. The van der Waals surface area contributed by atoms with Crippen LogP contribution in [0.25, 0.3) is 0 Å². The van der Waals surface area contributed by atoms with E-state index < -0.39 is 0 Å². The Labute approximate surface area is 99.6 Å². The van der Waals surface area contributed by atoms with Crippen LogP contribution in [-0.2, 0) is 13.2 Å². The Kier molecular flexibility index (Phi) is 4.04. The maximum absolute atomic E-state index is 5.52. The predicted octanol–water partition coefficient (Wildman–Crippen LogP) is 0.471. The van der Waals surface area contributed by atoms with Crippen LogP contribution in [0.4, 0.5) is 0 Å². The third kappa shape index (κ3) is 3.53. The standard InChI is InChI=1S/C11H15N5O/c1-12-7-8-16-14-11(13-15-16)9-17-10-5-3-2-4-6-10/h2-6,12H,7-9H2,1H3. The molecule has 0 radical (unpaired) electrons. The van der Waals surface area contributed by atoms with Crippen molar-refractivity contribution in [2.75, 3.05) is 13.6 Å². The number of hydrogen-bond donors (Lipinski definition) is 1. The van der Waals surface area contributed by atoms with E-state index in [9.17, 15) is 0 Å². The number of tetrazole rings is 1. The highest BCUT2D eigenvalue weighted by Gasteiger charge is 2.03. The average Bonchev–Trinajstić information content (AvgIpc) is 2.83. The number of likely N-dealkylation sites (N-methyl/N-ethyl adjacent to an activating group) is 1. The van der Waals surface area contributed by atoms with Crippen LogP contribution in [0.1, 0.15) is 5.82 Å². The quantitative estimate of drug-likeness (QED) is 0.785. The Balaban J connectivity index is 1.85. The van der Waals surface area contributed by atoms with Gasteiger partial charge in [-0.05, 0) is 24.4 Å². The summed E-state index contributed by atoms with van der Waals surface area (Å²) in [6.07, 6.45) is 0. The van der Waals surface area contributed by atoms with Crippen LogP contribution in [0.3, 0.4) is 0 Å². The van der Waals surface area contributed by atoms with Gasteiger partial charge < -0.3 is 10.1 Å². The highest BCUT2D eigenvalue weighted by atomic mass is 16.5. The normalized spacial score (nSPS) is 10.4. The molecule has 2 rings (SSSR count). The number of nitrogens with one attached hydrogen (secondary N) is 1. The minimum absolute atomic E-state index is 0.337. The van der Waals surface area contributed by atoms with Crippen LogP contribution in [0.2, 0.25) is 0 Å². The van der Waals surface area contributed by atoms with E-state index in [4.69, 9.17) is 4.74 Å². The van der Waals surface area contributed by atoms with Crippen LogP contribution >= 0.6 is 0 Å². The molecule has 1 aromatic heterocycles. The number of benzene rings is 1. The van der Waals surface area contributed by atoms with Crippen molar-refractivity contribution < 1.29 is 4.74 Å². The van der Waals surface area contributed by atoms with E-state index in [-0.39, 0.29) is 0 Å². The minimum Gasteiger partial charge on any atom is -0.485 e. The van der Waals surface area contributed by atoms with Crippen molar-refractivity contribution in [1.82, 2.24) is 25.5 Å². The fraction of sp³-hybridized carbons (Fsp3) is 0.364. The van der Waals surface area contributed by atoms with E-state index in [1.165, 1.54) is 0 Å². The van der Waals surface area contributed by atoms with Gasteiger partial charge in [0.25, 0.3) is 0 Å². The first-order chi connectivity index (χ1) is 8.38.